The maximum atomic E-state index is 6.99. The van der Waals surface area contributed by atoms with E-state index in [0.717, 1.165) is 6.42 Å². The van der Waals surface area contributed by atoms with Gasteiger partial charge in [-0.3, -0.25) is 0 Å². The molecule has 3 aromatic carbocycles. The maximum Gasteiger partial charge on any atom is 0.0627 e. The zero-order chi connectivity index (χ0) is 17.0. The van der Waals surface area contributed by atoms with Crippen LogP contribution in [0.2, 0.25) is 0 Å². The molecule has 1 unspecified atom stereocenters. The minimum atomic E-state index is -0.433. The van der Waals surface area contributed by atoms with Gasteiger partial charge in [0, 0.05) is 5.54 Å². The van der Waals surface area contributed by atoms with E-state index >= 15 is 0 Å². The largest absolute Gasteiger partial charge is 0.324 e. The van der Waals surface area contributed by atoms with Gasteiger partial charge >= 0.3 is 0 Å². The lowest BCUT2D eigenvalue weighted by atomic mass is 9.58. The Morgan fingerprint density at radius 1 is 0.625 bits per heavy atom. The fourth-order valence-electron chi connectivity index (χ4n) is 3.82. The summed E-state index contributed by atoms with van der Waals surface area (Å²) in [5.41, 5.74) is 9.85. The summed E-state index contributed by atoms with van der Waals surface area (Å²) in [5.74, 6) is 0. The van der Waals surface area contributed by atoms with Gasteiger partial charge < -0.3 is 5.73 Å². The van der Waals surface area contributed by atoms with Crippen LogP contribution >= 0.6 is 0 Å². The van der Waals surface area contributed by atoms with E-state index in [1.54, 1.807) is 0 Å². The van der Waals surface area contributed by atoms with Gasteiger partial charge in [0.1, 0.15) is 0 Å². The predicted molar refractivity (Wildman–Crippen MR) is 102 cm³/mol. The molecule has 0 heterocycles. The van der Waals surface area contributed by atoms with Gasteiger partial charge in [-0.05, 0) is 30.0 Å². The maximum absolute atomic E-state index is 6.99. The third kappa shape index (κ3) is 2.55. The van der Waals surface area contributed by atoms with Crippen LogP contribution in [-0.2, 0) is 5.41 Å². The van der Waals surface area contributed by atoms with Gasteiger partial charge in [-0.25, -0.2) is 0 Å². The van der Waals surface area contributed by atoms with Gasteiger partial charge in [0.25, 0.3) is 0 Å². The van der Waals surface area contributed by atoms with Crippen LogP contribution in [0.25, 0.3) is 0 Å². The van der Waals surface area contributed by atoms with E-state index in [9.17, 15) is 0 Å². The van der Waals surface area contributed by atoms with Crippen LogP contribution in [0.1, 0.15) is 37.0 Å². The Morgan fingerprint density at radius 2 is 0.917 bits per heavy atom. The lowest BCUT2D eigenvalue weighted by Gasteiger charge is -2.48. The highest BCUT2D eigenvalue weighted by atomic mass is 14.8. The van der Waals surface area contributed by atoms with E-state index < -0.39 is 11.0 Å². The van der Waals surface area contributed by atoms with Crippen LogP contribution in [0.4, 0.5) is 0 Å². The second kappa shape index (κ2) is 6.62. The lowest BCUT2D eigenvalue weighted by molar-refractivity contribution is 0.317. The Bertz CT molecular complexity index is 664. The average Bonchev–Trinajstić information content (AvgIpc) is 2.65. The molecule has 0 saturated carbocycles. The van der Waals surface area contributed by atoms with Crippen LogP contribution in [0, 0.1) is 0 Å². The van der Waals surface area contributed by atoms with E-state index in [1.807, 2.05) is 0 Å². The fourth-order valence-corrected chi connectivity index (χ4v) is 3.82. The molecule has 0 amide bonds. The first-order valence-corrected chi connectivity index (χ1v) is 8.58. The highest BCUT2D eigenvalue weighted by molar-refractivity contribution is 5.54. The van der Waals surface area contributed by atoms with Crippen molar-refractivity contribution in [3.63, 3.8) is 0 Å². The standard InChI is InChI=1S/C23H25N/c1-3-22(2,24)23(19-13-7-4-8-14-19,20-15-9-5-10-16-20)21-17-11-6-12-18-21/h4-18H,3,24H2,1-2H3. The Kier molecular flexibility index (Phi) is 4.55. The summed E-state index contributed by atoms with van der Waals surface area (Å²) in [7, 11) is 0. The number of hydrogen-bond acceptors (Lipinski definition) is 1. The van der Waals surface area contributed by atoms with E-state index in [1.165, 1.54) is 16.7 Å². The van der Waals surface area contributed by atoms with Crippen molar-refractivity contribution in [1.29, 1.82) is 0 Å². The molecule has 0 spiro atoms. The molecular formula is C23H25N. The molecule has 122 valence electrons. The molecule has 0 fully saturated rings. The number of hydrogen-bond donors (Lipinski definition) is 1. The molecule has 0 aliphatic heterocycles. The zero-order valence-corrected chi connectivity index (χ0v) is 14.4. The van der Waals surface area contributed by atoms with Gasteiger partial charge in [0.05, 0.1) is 5.41 Å². The highest BCUT2D eigenvalue weighted by Gasteiger charge is 2.48. The molecule has 0 bridgehead atoms. The molecule has 0 aliphatic carbocycles. The number of rotatable bonds is 5. The Labute approximate surface area is 145 Å². The summed E-state index contributed by atoms with van der Waals surface area (Å²) in [5, 5.41) is 0. The molecule has 1 heteroatoms. The summed E-state index contributed by atoms with van der Waals surface area (Å²) < 4.78 is 0. The third-order valence-electron chi connectivity index (χ3n) is 5.21. The predicted octanol–water partition coefficient (Wildman–Crippen LogP) is 5.15. The van der Waals surface area contributed by atoms with Crippen molar-refractivity contribution >= 4 is 0 Å². The molecule has 2 N–H and O–H groups in total. The number of nitrogens with two attached hydrogens (primary N) is 1. The molecule has 0 radical (unpaired) electrons. The normalized spacial score (nSPS) is 14.1. The van der Waals surface area contributed by atoms with Gasteiger partial charge in [-0.2, -0.15) is 0 Å². The second-order valence-electron chi connectivity index (χ2n) is 6.62. The van der Waals surface area contributed by atoms with E-state index in [4.69, 9.17) is 5.73 Å². The monoisotopic (exact) mass is 315 g/mol. The quantitative estimate of drug-likeness (QED) is 0.648. The zero-order valence-electron chi connectivity index (χ0n) is 14.4. The first kappa shape index (κ1) is 16.5. The van der Waals surface area contributed by atoms with Crippen molar-refractivity contribution in [2.24, 2.45) is 5.73 Å². The van der Waals surface area contributed by atoms with Gasteiger partial charge in [-0.1, -0.05) is 97.9 Å². The molecule has 0 aliphatic rings. The van der Waals surface area contributed by atoms with Crippen LogP contribution < -0.4 is 5.73 Å². The Morgan fingerprint density at radius 3 is 1.17 bits per heavy atom. The van der Waals surface area contributed by atoms with Crippen LogP contribution in [-0.4, -0.2) is 5.54 Å². The SMILES string of the molecule is CCC(C)(N)C(c1ccccc1)(c1ccccc1)c1ccccc1. The summed E-state index contributed by atoms with van der Waals surface area (Å²) in [6, 6.07) is 31.9. The molecular weight excluding hydrogens is 290 g/mol. The van der Waals surface area contributed by atoms with Crippen molar-refractivity contribution in [3.8, 4) is 0 Å². The summed E-state index contributed by atoms with van der Waals surface area (Å²) in [6.07, 6.45) is 0.867. The van der Waals surface area contributed by atoms with Crippen molar-refractivity contribution in [2.45, 2.75) is 31.2 Å². The van der Waals surface area contributed by atoms with Crippen molar-refractivity contribution in [1.82, 2.24) is 0 Å². The van der Waals surface area contributed by atoms with E-state index in [2.05, 4.69) is 105 Å². The number of benzene rings is 3. The first-order chi connectivity index (χ1) is 11.6. The Hall–Kier alpha value is -2.38. The van der Waals surface area contributed by atoms with Crippen molar-refractivity contribution < 1.29 is 0 Å². The average molecular weight is 315 g/mol. The molecule has 3 rings (SSSR count). The molecule has 0 saturated heterocycles. The van der Waals surface area contributed by atoms with Crippen molar-refractivity contribution in [3.05, 3.63) is 108 Å². The minimum absolute atomic E-state index is 0.397. The first-order valence-electron chi connectivity index (χ1n) is 8.58. The van der Waals surface area contributed by atoms with Crippen LogP contribution in [0.3, 0.4) is 0 Å². The fraction of sp³-hybridized carbons (Fsp3) is 0.217. The topological polar surface area (TPSA) is 26.0 Å². The van der Waals surface area contributed by atoms with Crippen LogP contribution in [0.15, 0.2) is 91.0 Å². The van der Waals surface area contributed by atoms with E-state index in [-0.39, 0.29) is 0 Å². The molecule has 0 aromatic heterocycles. The minimum Gasteiger partial charge on any atom is -0.324 e. The van der Waals surface area contributed by atoms with Crippen LogP contribution in [0.5, 0.6) is 0 Å². The smallest absolute Gasteiger partial charge is 0.0627 e. The van der Waals surface area contributed by atoms with Gasteiger partial charge in [-0.15, -0.1) is 0 Å². The van der Waals surface area contributed by atoms with Crippen molar-refractivity contribution in [2.75, 3.05) is 0 Å². The Balaban J connectivity index is 2.42. The molecule has 1 nitrogen and oxygen atoms in total. The lowest BCUT2D eigenvalue weighted by Crippen LogP contribution is -2.57. The van der Waals surface area contributed by atoms with E-state index in [0.29, 0.717) is 0 Å². The molecule has 3 aromatic rings. The highest BCUT2D eigenvalue weighted by Crippen LogP contribution is 2.47. The molecule has 1 atom stereocenters. The summed E-state index contributed by atoms with van der Waals surface area (Å²) in [6.45, 7) is 4.34. The third-order valence-corrected chi connectivity index (χ3v) is 5.21. The second-order valence-corrected chi connectivity index (χ2v) is 6.62. The van der Waals surface area contributed by atoms with Gasteiger partial charge in [0.15, 0.2) is 0 Å². The van der Waals surface area contributed by atoms with Gasteiger partial charge in [0.2, 0.25) is 0 Å². The summed E-state index contributed by atoms with van der Waals surface area (Å²) >= 11 is 0. The molecule has 24 heavy (non-hydrogen) atoms. The summed E-state index contributed by atoms with van der Waals surface area (Å²) in [4.78, 5) is 0.